The third kappa shape index (κ3) is 1.94. The van der Waals surface area contributed by atoms with Crippen LogP contribution in [0.1, 0.15) is 44.2 Å². The van der Waals surface area contributed by atoms with E-state index in [9.17, 15) is 0 Å². The summed E-state index contributed by atoms with van der Waals surface area (Å²) in [4.78, 5) is 7.46. The highest BCUT2D eigenvalue weighted by molar-refractivity contribution is 5.87. The first kappa shape index (κ1) is 11.8. The van der Waals surface area contributed by atoms with Gasteiger partial charge in [0.15, 0.2) is 0 Å². The molecule has 3 rings (SSSR count). The highest BCUT2D eigenvalue weighted by atomic mass is 15.3. The average Bonchev–Trinajstić information content (AvgIpc) is 3.01. The zero-order valence-electron chi connectivity index (χ0n) is 11.3. The van der Waals surface area contributed by atoms with Gasteiger partial charge in [0.1, 0.15) is 5.84 Å². The summed E-state index contributed by atoms with van der Waals surface area (Å²) in [5.41, 5.74) is 1.35. The Labute approximate surface area is 110 Å². The molecule has 18 heavy (non-hydrogen) atoms. The van der Waals surface area contributed by atoms with Crippen LogP contribution in [0.3, 0.4) is 0 Å². The van der Waals surface area contributed by atoms with Crippen LogP contribution in [0.4, 0.5) is 0 Å². The fourth-order valence-corrected chi connectivity index (χ4v) is 3.34. The molecule has 0 unspecified atom stereocenters. The van der Waals surface area contributed by atoms with Crippen molar-refractivity contribution >= 4 is 5.84 Å². The second-order valence-electron chi connectivity index (χ2n) is 5.68. The normalized spacial score (nSPS) is 28.8. The third-order valence-corrected chi connectivity index (χ3v) is 4.56. The number of amidine groups is 1. The van der Waals surface area contributed by atoms with Crippen LogP contribution in [0.25, 0.3) is 0 Å². The van der Waals surface area contributed by atoms with Gasteiger partial charge in [0.05, 0.1) is 12.1 Å². The van der Waals surface area contributed by atoms with E-state index in [-0.39, 0.29) is 0 Å². The van der Waals surface area contributed by atoms with Crippen LogP contribution in [-0.4, -0.2) is 23.8 Å². The van der Waals surface area contributed by atoms with Gasteiger partial charge in [0, 0.05) is 13.0 Å². The lowest BCUT2D eigenvalue weighted by molar-refractivity contribution is 0.368. The zero-order chi connectivity index (χ0) is 12.5. The van der Waals surface area contributed by atoms with E-state index in [2.05, 4.69) is 49.2 Å². The highest BCUT2D eigenvalue weighted by Gasteiger charge is 2.35. The minimum absolute atomic E-state index is 0.326. The topological polar surface area (TPSA) is 15.6 Å². The summed E-state index contributed by atoms with van der Waals surface area (Å²) in [7, 11) is 2.21. The van der Waals surface area contributed by atoms with E-state index in [4.69, 9.17) is 4.99 Å². The molecule has 1 aliphatic heterocycles. The molecule has 1 aromatic rings. The number of rotatable bonds is 2. The lowest BCUT2D eigenvalue weighted by Crippen LogP contribution is -2.34. The minimum atomic E-state index is 0.326. The van der Waals surface area contributed by atoms with E-state index < -0.39 is 0 Å². The van der Waals surface area contributed by atoms with Gasteiger partial charge in [0.25, 0.3) is 0 Å². The number of hydrogen-bond acceptors (Lipinski definition) is 2. The second kappa shape index (κ2) is 4.75. The summed E-state index contributed by atoms with van der Waals surface area (Å²) in [5, 5.41) is 0. The van der Waals surface area contributed by atoms with Crippen LogP contribution in [0.5, 0.6) is 0 Å². The molecule has 2 nitrogen and oxygen atoms in total. The summed E-state index contributed by atoms with van der Waals surface area (Å²) in [6.45, 7) is 2.29. The Kier molecular flexibility index (Phi) is 3.11. The number of benzene rings is 1. The predicted molar refractivity (Wildman–Crippen MR) is 75.8 cm³/mol. The molecular weight excluding hydrogens is 220 g/mol. The molecule has 1 aromatic carbocycles. The van der Waals surface area contributed by atoms with Crippen molar-refractivity contribution in [1.29, 1.82) is 0 Å². The van der Waals surface area contributed by atoms with Crippen molar-refractivity contribution in [2.45, 2.75) is 44.7 Å². The molecule has 96 valence electrons. The molecular formula is C16H22N2. The van der Waals surface area contributed by atoms with Crippen molar-refractivity contribution in [1.82, 2.24) is 4.90 Å². The smallest absolute Gasteiger partial charge is 0.103 e. The fraction of sp³-hybridized carbons (Fsp3) is 0.562. The van der Waals surface area contributed by atoms with Gasteiger partial charge in [0.2, 0.25) is 0 Å². The van der Waals surface area contributed by atoms with Crippen LogP contribution in [0.15, 0.2) is 35.3 Å². The van der Waals surface area contributed by atoms with Gasteiger partial charge in [-0.1, -0.05) is 43.2 Å². The second-order valence-corrected chi connectivity index (χ2v) is 5.68. The molecule has 0 radical (unpaired) electrons. The fourth-order valence-electron chi connectivity index (χ4n) is 3.34. The number of nitrogens with zero attached hydrogens (tertiary/aromatic N) is 2. The van der Waals surface area contributed by atoms with Gasteiger partial charge in [-0.25, -0.2) is 0 Å². The Bertz CT molecular complexity index is 432. The molecule has 2 atom stereocenters. The van der Waals surface area contributed by atoms with Crippen LogP contribution in [0.2, 0.25) is 0 Å². The third-order valence-electron chi connectivity index (χ3n) is 4.56. The van der Waals surface area contributed by atoms with Crippen molar-refractivity contribution in [3.8, 4) is 0 Å². The standard InChI is InChI=1S/C16H22N2/c1-12-15(13-8-4-3-5-9-13)17-16(18(12)2)14-10-6-7-11-14/h3-5,8-9,12,14-15H,6-7,10-11H2,1-2H3/t12-,15-/m0/s1. The first-order valence-electron chi connectivity index (χ1n) is 7.13. The maximum absolute atomic E-state index is 5.04. The first-order valence-corrected chi connectivity index (χ1v) is 7.13. The summed E-state index contributed by atoms with van der Waals surface area (Å²) >= 11 is 0. The number of aliphatic imine (C=N–C) groups is 1. The van der Waals surface area contributed by atoms with E-state index in [1.165, 1.54) is 37.1 Å². The van der Waals surface area contributed by atoms with Crippen molar-refractivity contribution in [3.63, 3.8) is 0 Å². The molecule has 1 heterocycles. The largest absolute Gasteiger partial charge is 0.358 e. The quantitative estimate of drug-likeness (QED) is 0.773. The van der Waals surface area contributed by atoms with Crippen molar-refractivity contribution in [3.05, 3.63) is 35.9 Å². The van der Waals surface area contributed by atoms with Gasteiger partial charge >= 0.3 is 0 Å². The van der Waals surface area contributed by atoms with Gasteiger partial charge in [-0.05, 0) is 25.3 Å². The molecule has 1 saturated carbocycles. The Morgan fingerprint density at radius 2 is 1.78 bits per heavy atom. The Balaban J connectivity index is 1.87. The van der Waals surface area contributed by atoms with E-state index in [1.807, 2.05) is 0 Å². The van der Waals surface area contributed by atoms with E-state index in [0.29, 0.717) is 18.0 Å². The molecule has 1 fully saturated rings. The van der Waals surface area contributed by atoms with Gasteiger partial charge in [-0.3, -0.25) is 4.99 Å². The zero-order valence-corrected chi connectivity index (χ0v) is 11.3. The molecule has 2 heteroatoms. The summed E-state index contributed by atoms with van der Waals surface area (Å²) in [5.74, 6) is 2.07. The van der Waals surface area contributed by atoms with Crippen LogP contribution in [0, 0.1) is 5.92 Å². The van der Waals surface area contributed by atoms with Gasteiger partial charge in [-0.2, -0.15) is 0 Å². The average molecular weight is 242 g/mol. The molecule has 0 spiro atoms. The van der Waals surface area contributed by atoms with E-state index >= 15 is 0 Å². The number of hydrogen-bond donors (Lipinski definition) is 0. The maximum atomic E-state index is 5.04. The van der Waals surface area contributed by atoms with Crippen LogP contribution in [-0.2, 0) is 0 Å². The summed E-state index contributed by atoms with van der Waals surface area (Å²) in [6.07, 6.45) is 5.42. The van der Waals surface area contributed by atoms with Crippen molar-refractivity contribution < 1.29 is 0 Å². The van der Waals surface area contributed by atoms with E-state index in [0.717, 1.165) is 0 Å². The predicted octanol–water partition coefficient (Wildman–Crippen LogP) is 3.65. The molecule has 0 aromatic heterocycles. The van der Waals surface area contributed by atoms with Gasteiger partial charge in [-0.15, -0.1) is 0 Å². The molecule has 1 aliphatic carbocycles. The van der Waals surface area contributed by atoms with Gasteiger partial charge < -0.3 is 4.90 Å². The Morgan fingerprint density at radius 3 is 2.44 bits per heavy atom. The maximum Gasteiger partial charge on any atom is 0.103 e. The van der Waals surface area contributed by atoms with Crippen LogP contribution < -0.4 is 0 Å². The molecule has 0 bridgehead atoms. The summed E-state index contributed by atoms with van der Waals surface area (Å²) < 4.78 is 0. The SMILES string of the molecule is C[C@H]1[C@@H](c2ccccc2)N=C(C2CCCC2)N1C. The minimum Gasteiger partial charge on any atom is -0.358 e. The molecule has 0 saturated heterocycles. The molecule has 0 amide bonds. The Morgan fingerprint density at radius 1 is 1.11 bits per heavy atom. The summed E-state index contributed by atoms with van der Waals surface area (Å²) in [6, 6.07) is 11.5. The molecule has 2 aliphatic rings. The van der Waals surface area contributed by atoms with Crippen LogP contribution >= 0.6 is 0 Å². The Hall–Kier alpha value is -1.31. The number of likely N-dealkylation sites (N-methyl/N-ethyl adjacent to an activating group) is 1. The lowest BCUT2D eigenvalue weighted by Gasteiger charge is -2.25. The lowest BCUT2D eigenvalue weighted by atomic mass is 10.0. The van der Waals surface area contributed by atoms with E-state index in [1.54, 1.807) is 0 Å². The van der Waals surface area contributed by atoms with Crippen molar-refractivity contribution in [2.75, 3.05) is 7.05 Å². The van der Waals surface area contributed by atoms with Crippen molar-refractivity contribution in [2.24, 2.45) is 10.9 Å². The first-order chi connectivity index (χ1) is 8.77. The highest BCUT2D eigenvalue weighted by Crippen LogP contribution is 2.36. The molecule has 0 N–H and O–H groups in total. The monoisotopic (exact) mass is 242 g/mol.